The van der Waals surface area contributed by atoms with Gasteiger partial charge in [-0.25, -0.2) is 0 Å². The normalized spacial score (nSPS) is 11.1. The van der Waals surface area contributed by atoms with Crippen molar-refractivity contribution in [3.05, 3.63) is 23.0 Å². The molecule has 5 nitrogen and oxygen atoms in total. The zero-order valence-corrected chi connectivity index (χ0v) is 11.8. The van der Waals surface area contributed by atoms with Gasteiger partial charge in [0.1, 0.15) is 10.5 Å². The van der Waals surface area contributed by atoms with Crippen LogP contribution in [0.25, 0.3) is 0 Å². The largest absolute Gasteiger partial charge is 0.389 e. The molecule has 0 saturated heterocycles. The van der Waals surface area contributed by atoms with Crippen molar-refractivity contribution in [3.63, 3.8) is 0 Å². The Morgan fingerprint density at radius 2 is 1.94 bits per heavy atom. The third-order valence-corrected chi connectivity index (χ3v) is 2.84. The van der Waals surface area contributed by atoms with Gasteiger partial charge in [0.25, 0.3) is 0 Å². The average Bonchev–Trinajstić information content (AvgIpc) is 2.13. The van der Waals surface area contributed by atoms with E-state index in [0.717, 1.165) is 11.4 Å². The quantitative estimate of drug-likeness (QED) is 0.707. The van der Waals surface area contributed by atoms with Crippen LogP contribution in [0.2, 0.25) is 0 Å². The van der Waals surface area contributed by atoms with Gasteiger partial charge in [0, 0.05) is 17.1 Å². The number of hydrogen-bond acceptors (Lipinski definition) is 4. The van der Waals surface area contributed by atoms with Crippen molar-refractivity contribution in [2.75, 3.05) is 5.32 Å². The van der Waals surface area contributed by atoms with Crippen molar-refractivity contribution in [1.29, 1.82) is 0 Å². The lowest BCUT2D eigenvalue weighted by atomic mass is 10.0. The number of nitrogens with one attached hydrogen (secondary N) is 1. The van der Waals surface area contributed by atoms with Gasteiger partial charge in [-0.1, -0.05) is 12.2 Å². The Morgan fingerprint density at radius 1 is 1.39 bits per heavy atom. The Kier molecular flexibility index (Phi) is 3.91. The third kappa shape index (κ3) is 2.95. The molecule has 0 saturated carbocycles. The van der Waals surface area contributed by atoms with E-state index >= 15 is 0 Å². The fourth-order valence-corrected chi connectivity index (χ4v) is 1.89. The monoisotopic (exact) mass is 266 g/mol. The number of aromatic nitrogens is 1. The molecule has 98 valence electrons. The molecule has 1 aromatic heterocycles. The maximum absolute atomic E-state index is 11.4. The molecule has 1 rings (SSSR count). The van der Waals surface area contributed by atoms with E-state index in [-0.39, 0.29) is 4.99 Å². The predicted molar refractivity (Wildman–Crippen MR) is 76.5 cm³/mol. The summed E-state index contributed by atoms with van der Waals surface area (Å²) in [7, 11) is 0. The molecule has 0 aliphatic heterocycles. The Balaban J connectivity index is 3.32. The Labute approximate surface area is 112 Å². The van der Waals surface area contributed by atoms with Crippen LogP contribution in [0.3, 0.4) is 0 Å². The van der Waals surface area contributed by atoms with E-state index in [9.17, 15) is 4.79 Å². The van der Waals surface area contributed by atoms with Crippen LogP contribution in [0.1, 0.15) is 30.8 Å². The van der Waals surface area contributed by atoms with Crippen LogP contribution in [0.5, 0.6) is 0 Å². The maximum atomic E-state index is 11.4. The van der Waals surface area contributed by atoms with Crippen LogP contribution in [0.4, 0.5) is 5.69 Å². The van der Waals surface area contributed by atoms with Crippen LogP contribution < -0.4 is 16.8 Å². The van der Waals surface area contributed by atoms with Crippen LogP contribution in [-0.2, 0) is 4.79 Å². The molecule has 0 aliphatic carbocycles. The highest BCUT2D eigenvalue weighted by Crippen LogP contribution is 2.23. The minimum absolute atomic E-state index is 0.239. The van der Waals surface area contributed by atoms with Crippen molar-refractivity contribution in [1.82, 2.24) is 4.98 Å². The first kappa shape index (κ1) is 14.4. The summed E-state index contributed by atoms with van der Waals surface area (Å²) in [5.41, 5.74) is 13.0. The first-order valence-corrected chi connectivity index (χ1v) is 5.92. The van der Waals surface area contributed by atoms with Crippen molar-refractivity contribution in [2.24, 2.45) is 11.5 Å². The number of hydrogen-bond donors (Lipinski definition) is 3. The maximum Gasteiger partial charge on any atom is 0.242 e. The van der Waals surface area contributed by atoms with E-state index in [1.165, 1.54) is 0 Å². The highest BCUT2D eigenvalue weighted by molar-refractivity contribution is 7.80. The Morgan fingerprint density at radius 3 is 2.39 bits per heavy atom. The third-order valence-electron chi connectivity index (χ3n) is 2.64. The zero-order valence-electron chi connectivity index (χ0n) is 11.0. The number of rotatable bonds is 4. The van der Waals surface area contributed by atoms with Crippen molar-refractivity contribution in [2.45, 2.75) is 33.2 Å². The first-order chi connectivity index (χ1) is 8.15. The van der Waals surface area contributed by atoms with E-state index in [1.54, 1.807) is 19.9 Å². The minimum atomic E-state index is -0.889. The fourth-order valence-electron chi connectivity index (χ4n) is 1.64. The van der Waals surface area contributed by atoms with Crippen molar-refractivity contribution < 1.29 is 4.79 Å². The molecule has 0 fully saturated rings. The topological polar surface area (TPSA) is 94.0 Å². The minimum Gasteiger partial charge on any atom is -0.389 e. The molecule has 0 aromatic carbocycles. The van der Waals surface area contributed by atoms with Crippen LogP contribution in [-0.4, -0.2) is 21.4 Å². The molecule has 1 heterocycles. The van der Waals surface area contributed by atoms with E-state index < -0.39 is 11.4 Å². The second-order valence-corrected chi connectivity index (χ2v) is 5.19. The summed E-state index contributed by atoms with van der Waals surface area (Å²) >= 11 is 5.02. The number of carbonyl (C=O) groups is 1. The lowest BCUT2D eigenvalue weighted by Crippen LogP contribution is -2.45. The second kappa shape index (κ2) is 4.89. The molecular formula is C12H18N4OS. The number of anilines is 1. The number of amides is 1. The van der Waals surface area contributed by atoms with Gasteiger partial charge in [-0.3, -0.25) is 9.78 Å². The number of pyridine rings is 1. The van der Waals surface area contributed by atoms with Gasteiger partial charge >= 0.3 is 0 Å². The molecule has 0 aliphatic rings. The lowest BCUT2D eigenvalue weighted by Gasteiger charge is -2.26. The van der Waals surface area contributed by atoms with E-state index in [4.69, 9.17) is 23.7 Å². The van der Waals surface area contributed by atoms with Gasteiger partial charge in [-0.05, 0) is 33.8 Å². The molecule has 5 N–H and O–H groups in total. The molecule has 1 aromatic rings. The summed E-state index contributed by atoms with van der Waals surface area (Å²) in [6.07, 6.45) is 0. The standard InChI is InChI=1S/C12H18N4OS/c1-6-5-8(16-12(3,4)11(14)17)9(10(13)18)7(2)15-6/h5H,1-4H3,(H2,13,18)(H2,14,17)(H,15,16). The average molecular weight is 266 g/mol. The van der Waals surface area contributed by atoms with Gasteiger partial charge < -0.3 is 16.8 Å². The van der Waals surface area contributed by atoms with E-state index in [2.05, 4.69) is 10.3 Å². The number of carbonyl (C=O) groups excluding carboxylic acids is 1. The molecule has 18 heavy (non-hydrogen) atoms. The number of primary amides is 1. The van der Waals surface area contributed by atoms with Crippen LogP contribution in [0, 0.1) is 13.8 Å². The molecule has 6 heteroatoms. The number of nitrogens with zero attached hydrogens (tertiary/aromatic N) is 1. The van der Waals surface area contributed by atoms with E-state index in [0.29, 0.717) is 11.3 Å². The Bertz CT molecular complexity index is 511. The molecule has 0 atom stereocenters. The highest BCUT2D eigenvalue weighted by atomic mass is 32.1. The fraction of sp³-hybridized carbons (Fsp3) is 0.417. The number of aryl methyl sites for hydroxylation is 2. The van der Waals surface area contributed by atoms with Gasteiger partial charge in [0.15, 0.2) is 0 Å². The van der Waals surface area contributed by atoms with Crippen LogP contribution in [0.15, 0.2) is 6.07 Å². The summed E-state index contributed by atoms with van der Waals surface area (Å²) in [5, 5.41) is 3.07. The molecule has 0 unspecified atom stereocenters. The molecule has 0 bridgehead atoms. The molecular weight excluding hydrogens is 248 g/mol. The van der Waals surface area contributed by atoms with Crippen LogP contribution >= 0.6 is 12.2 Å². The smallest absolute Gasteiger partial charge is 0.242 e. The summed E-state index contributed by atoms with van der Waals surface area (Å²) in [6, 6.07) is 1.80. The molecule has 1 amide bonds. The van der Waals surface area contributed by atoms with Gasteiger partial charge in [0.2, 0.25) is 5.91 Å². The van der Waals surface area contributed by atoms with Crippen molar-refractivity contribution >= 4 is 28.8 Å². The van der Waals surface area contributed by atoms with Gasteiger partial charge in [-0.15, -0.1) is 0 Å². The number of thiocarbonyl (C=S) groups is 1. The summed E-state index contributed by atoms with van der Waals surface area (Å²) in [6.45, 7) is 7.08. The second-order valence-electron chi connectivity index (χ2n) is 4.75. The van der Waals surface area contributed by atoms with Gasteiger partial charge in [-0.2, -0.15) is 0 Å². The first-order valence-electron chi connectivity index (χ1n) is 5.51. The van der Waals surface area contributed by atoms with Crippen molar-refractivity contribution in [3.8, 4) is 0 Å². The lowest BCUT2D eigenvalue weighted by molar-refractivity contribution is -0.121. The zero-order chi connectivity index (χ0) is 14.1. The summed E-state index contributed by atoms with van der Waals surface area (Å²) in [5.74, 6) is -0.455. The van der Waals surface area contributed by atoms with E-state index in [1.807, 2.05) is 13.8 Å². The Hall–Kier alpha value is -1.69. The SMILES string of the molecule is Cc1cc(NC(C)(C)C(N)=O)c(C(N)=S)c(C)n1. The molecule has 0 radical (unpaired) electrons. The summed E-state index contributed by atoms with van der Waals surface area (Å²) < 4.78 is 0. The number of nitrogens with two attached hydrogens (primary N) is 2. The predicted octanol–water partition coefficient (Wildman–Crippen LogP) is 1.01. The van der Waals surface area contributed by atoms with Gasteiger partial charge in [0.05, 0.1) is 5.56 Å². The highest BCUT2D eigenvalue weighted by Gasteiger charge is 2.26. The summed E-state index contributed by atoms with van der Waals surface area (Å²) in [4.78, 5) is 15.9. The molecule has 0 spiro atoms.